The van der Waals surface area contributed by atoms with E-state index in [2.05, 4.69) is 63.6 Å². The number of hydrogen-bond donors (Lipinski definition) is 0. The number of fused-ring (bicyclic) bond motifs is 1. The van der Waals surface area contributed by atoms with Crippen molar-refractivity contribution in [2.75, 3.05) is 0 Å². The molecule has 1 aromatic heterocycles. The molecule has 2 nitrogen and oxygen atoms in total. The average molecular weight is 325 g/mol. The van der Waals surface area contributed by atoms with Gasteiger partial charge >= 0.3 is 0 Å². The Hall–Kier alpha value is -1.57. The largest absolute Gasteiger partial charge is 0.347 e. The van der Waals surface area contributed by atoms with Crippen LogP contribution in [0.2, 0.25) is 0 Å². The van der Waals surface area contributed by atoms with Crippen LogP contribution in [-0.2, 0) is 6.54 Å². The number of para-hydroxylation sites is 1. The maximum absolute atomic E-state index is 13.2. The SMILES string of the molecule is CCCCCCn1cc(C(=O)C2C(C)(C)C2(C)C)c2ccccc21. The lowest BCUT2D eigenvalue weighted by molar-refractivity contribution is 0.0946. The van der Waals surface area contributed by atoms with Gasteiger partial charge in [-0.15, -0.1) is 0 Å². The monoisotopic (exact) mass is 325 g/mol. The lowest BCUT2D eigenvalue weighted by atomic mass is 10.0. The highest BCUT2D eigenvalue weighted by molar-refractivity contribution is 6.11. The van der Waals surface area contributed by atoms with Gasteiger partial charge in [0.05, 0.1) is 0 Å². The van der Waals surface area contributed by atoms with Crippen LogP contribution in [0, 0.1) is 16.7 Å². The lowest BCUT2D eigenvalue weighted by Crippen LogP contribution is -2.07. The van der Waals surface area contributed by atoms with Crippen molar-refractivity contribution < 1.29 is 4.79 Å². The van der Waals surface area contributed by atoms with Gasteiger partial charge in [0.15, 0.2) is 5.78 Å². The molecule has 1 aromatic carbocycles. The van der Waals surface area contributed by atoms with Crippen molar-refractivity contribution in [2.24, 2.45) is 16.7 Å². The Bertz CT molecular complexity index is 736. The molecule has 1 saturated carbocycles. The van der Waals surface area contributed by atoms with E-state index >= 15 is 0 Å². The zero-order chi connectivity index (χ0) is 17.5. The number of ketones is 1. The van der Waals surface area contributed by atoms with Gasteiger partial charge in [-0.05, 0) is 23.3 Å². The zero-order valence-corrected chi connectivity index (χ0v) is 15.9. The molecule has 0 spiro atoms. The zero-order valence-electron chi connectivity index (χ0n) is 15.9. The van der Waals surface area contributed by atoms with Crippen LogP contribution in [0.5, 0.6) is 0 Å². The number of benzene rings is 1. The second-order valence-corrected chi connectivity index (χ2v) is 8.55. The van der Waals surface area contributed by atoms with Crippen molar-refractivity contribution in [3.8, 4) is 0 Å². The van der Waals surface area contributed by atoms with Gasteiger partial charge in [-0.3, -0.25) is 4.79 Å². The number of Topliss-reactive ketones (excluding diaryl/α,β-unsaturated/α-hetero) is 1. The number of carbonyl (C=O) groups excluding carboxylic acids is 1. The summed E-state index contributed by atoms with van der Waals surface area (Å²) in [5, 5.41) is 1.12. The summed E-state index contributed by atoms with van der Waals surface area (Å²) in [6.45, 7) is 12.1. The maximum atomic E-state index is 13.2. The summed E-state index contributed by atoms with van der Waals surface area (Å²) >= 11 is 0. The van der Waals surface area contributed by atoms with Crippen LogP contribution in [0.25, 0.3) is 10.9 Å². The Labute approximate surface area is 146 Å². The molecule has 0 aliphatic heterocycles. The standard InChI is InChI=1S/C22H31NO/c1-6-7-8-11-14-23-15-17(16-12-9-10-13-18(16)23)19(24)20-21(2,3)22(20,4)5/h9-10,12-13,15,20H,6-8,11,14H2,1-5H3. The van der Waals surface area contributed by atoms with Crippen LogP contribution in [-0.4, -0.2) is 10.4 Å². The first kappa shape index (κ1) is 17.3. The van der Waals surface area contributed by atoms with Crippen molar-refractivity contribution in [3.63, 3.8) is 0 Å². The summed E-state index contributed by atoms with van der Waals surface area (Å²) in [5.74, 6) is 0.456. The van der Waals surface area contributed by atoms with Gasteiger partial charge in [0, 0.05) is 35.1 Å². The van der Waals surface area contributed by atoms with Crippen molar-refractivity contribution >= 4 is 16.7 Å². The first-order valence-corrected chi connectivity index (χ1v) is 9.44. The summed E-state index contributed by atoms with van der Waals surface area (Å²) < 4.78 is 2.29. The summed E-state index contributed by atoms with van der Waals surface area (Å²) in [6, 6.07) is 8.37. The number of hydrogen-bond acceptors (Lipinski definition) is 1. The summed E-state index contributed by atoms with van der Waals surface area (Å²) in [5.41, 5.74) is 2.31. The molecule has 1 aliphatic carbocycles. The molecule has 0 radical (unpaired) electrons. The van der Waals surface area contributed by atoms with Crippen molar-refractivity contribution in [1.29, 1.82) is 0 Å². The van der Waals surface area contributed by atoms with Gasteiger partial charge in [-0.1, -0.05) is 72.1 Å². The molecular weight excluding hydrogens is 294 g/mol. The molecule has 24 heavy (non-hydrogen) atoms. The van der Waals surface area contributed by atoms with Crippen molar-refractivity contribution in [3.05, 3.63) is 36.0 Å². The van der Waals surface area contributed by atoms with Crippen LogP contribution in [0.1, 0.15) is 70.7 Å². The Morgan fingerprint density at radius 2 is 1.71 bits per heavy atom. The van der Waals surface area contributed by atoms with Gasteiger partial charge in [0.2, 0.25) is 0 Å². The van der Waals surface area contributed by atoms with Crippen molar-refractivity contribution in [1.82, 2.24) is 4.57 Å². The number of aryl methyl sites for hydroxylation is 1. The third kappa shape index (κ3) is 2.60. The molecule has 0 bridgehead atoms. The van der Waals surface area contributed by atoms with E-state index in [1.54, 1.807) is 0 Å². The van der Waals surface area contributed by atoms with E-state index in [9.17, 15) is 4.79 Å². The van der Waals surface area contributed by atoms with Gasteiger partial charge < -0.3 is 4.57 Å². The number of nitrogens with zero attached hydrogens (tertiary/aromatic N) is 1. The quantitative estimate of drug-likeness (QED) is 0.446. The molecular formula is C22H31NO. The Morgan fingerprint density at radius 1 is 1.04 bits per heavy atom. The molecule has 1 heterocycles. The fourth-order valence-corrected chi connectivity index (χ4v) is 4.34. The molecule has 0 unspecified atom stereocenters. The fourth-order valence-electron chi connectivity index (χ4n) is 4.34. The molecule has 0 atom stereocenters. The van der Waals surface area contributed by atoms with E-state index in [0.717, 1.165) is 17.5 Å². The fraction of sp³-hybridized carbons (Fsp3) is 0.591. The third-order valence-corrected chi connectivity index (χ3v) is 6.59. The van der Waals surface area contributed by atoms with Crippen LogP contribution in [0.15, 0.2) is 30.5 Å². The minimum atomic E-state index is 0.0917. The first-order valence-electron chi connectivity index (χ1n) is 9.44. The third-order valence-electron chi connectivity index (χ3n) is 6.59. The van der Waals surface area contributed by atoms with Gasteiger partial charge in [0.25, 0.3) is 0 Å². The van der Waals surface area contributed by atoms with Gasteiger partial charge in [-0.25, -0.2) is 0 Å². The molecule has 0 saturated heterocycles. The molecule has 3 rings (SSSR count). The van der Waals surface area contributed by atoms with E-state index in [0.29, 0.717) is 5.78 Å². The highest BCUT2D eigenvalue weighted by Crippen LogP contribution is 2.69. The molecule has 0 amide bonds. The van der Waals surface area contributed by atoms with Crippen LogP contribution in [0.3, 0.4) is 0 Å². The van der Waals surface area contributed by atoms with E-state index < -0.39 is 0 Å². The molecule has 1 fully saturated rings. The predicted molar refractivity (Wildman–Crippen MR) is 101 cm³/mol. The number of unbranched alkanes of at least 4 members (excludes halogenated alkanes) is 3. The first-order chi connectivity index (χ1) is 11.3. The lowest BCUT2D eigenvalue weighted by Gasteiger charge is -2.04. The van der Waals surface area contributed by atoms with Gasteiger partial charge in [0.1, 0.15) is 0 Å². The van der Waals surface area contributed by atoms with Crippen LogP contribution >= 0.6 is 0 Å². The second-order valence-electron chi connectivity index (χ2n) is 8.55. The number of aromatic nitrogens is 1. The molecule has 1 aliphatic rings. The minimum Gasteiger partial charge on any atom is -0.347 e. The van der Waals surface area contributed by atoms with E-state index in [4.69, 9.17) is 0 Å². The van der Waals surface area contributed by atoms with Gasteiger partial charge in [-0.2, -0.15) is 0 Å². The minimum absolute atomic E-state index is 0.0917. The smallest absolute Gasteiger partial charge is 0.169 e. The molecule has 0 N–H and O–H groups in total. The average Bonchev–Trinajstić information content (AvgIpc) is 2.83. The topological polar surface area (TPSA) is 22.0 Å². The summed E-state index contributed by atoms with van der Waals surface area (Å²) in [6.07, 6.45) is 7.09. The summed E-state index contributed by atoms with van der Waals surface area (Å²) in [7, 11) is 0. The normalized spacial score (nSPS) is 18.9. The molecule has 2 heteroatoms. The maximum Gasteiger partial charge on any atom is 0.169 e. The molecule has 2 aromatic rings. The summed E-state index contributed by atoms with van der Waals surface area (Å²) in [4.78, 5) is 13.2. The predicted octanol–water partition coefficient (Wildman–Crippen LogP) is 6.09. The number of rotatable bonds is 7. The van der Waals surface area contributed by atoms with Crippen molar-refractivity contribution in [2.45, 2.75) is 66.8 Å². The van der Waals surface area contributed by atoms with E-state index in [1.807, 2.05) is 6.07 Å². The number of carbonyl (C=O) groups is 1. The highest BCUT2D eigenvalue weighted by Gasteiger charge is 2.68. The highest BCUT2D eigenvalue weighted by atomic mass is 16.1. The van der Waals surface area contributed by atoms with E-state index in [-0.39, 0.29) is 16.7 Å². The van der Waals surface area contributed by atoms with Crippen LogP contribution in [0.4, 0.5) is 0 Å². The Kier molecular flexibility index (Phi) is 4.36. The van der Waals surface area contributed by atoms with Crippen LogP contribution < -0.4 is 0 Å². The van der Waals surface area contributed by atoms with E-state index in [1.165, 1.54) is 31.2 Å². The Balaban J connectivity index is 1.90. The molecule has 130 valence electrons. The second kappa shape index (κ2) is 6.06. The Morgan fingerprint density at radius 3 is 2.33 bits per heavy atom.